The number of thiazole rings is 1. The summed E-state index contributed by atoms with van der Waals surface area (Å²) >= 11 is 2.90. The van der Waals surface area contributed by atoms with Gasteiger partial charge >= 0.3 is 5.97 Å². The first-order valence-electron chi connectivity index (χ1n) is 13.3. The number of hydrogen-bond acceptors (Lipinski definition) is 10. The number of aryl methyl sites for hydroxylation is 1. The van der Waals surface area contributed by atoms with E-state index >= 15 is 0 Å². The van der Waals surface area contributed by atoms with Gasteiger partial charge in [0.2, 0.25) is 5.91 Å². The number of ketones is 2. The number of cyclic esters (lactones) is 1. The van der Waals surface area contributed by atoms with E-state index in [1.807, 2.05) is 37.4 Å². The highest BCUT2D eigenvalue weighted by Crippen LogP contribution is 2.32. The molecule has 0 aliphatic carbocycles. The van der Waals surface area contributed by atoms with Crippen LogP contribution in [0.25, 0.3) is 0 Å². The Labute approximate surface area is 242 Å². The summed E-state index contributed by atoms with van der Waals surface area (Å²) in [6.45, 7) is 5.36. The number of thioether (sulfide) groups is 1. The van der Waals surface area contributed by atoms with E-state index in [0.29, 0.717) is 28.6 Å². The molecule has 1 aromatic heterocycles. The van der Waals surface area contributed by atoms with E-state index in [1.54, 1.807) is 25.1 Å². The van der Waals surface area contributed by atoms with Crippen molar-refractivity contribution in [2.24, 2.45) is 10.9 Å². The van der Waals surface area contributed by atoms with Gasteiger partial charge in [-0.25, -0.2) is 9.78 Å². The Morgan fingerprint density at radius 3 is 2.77 bits per heavy atom. The van der Waals surface area contributed by atoms with Crippen molar-refractivity contribution in [3.8, 4) is 0 Å². The van der Waals surface area contributed by atoms with Gasteiger partial charge in [-0.2, -0.15) is 0 Å². The Morgan fingerprint density at radius 1 is 1.25 bits per heavy atom. The molecule has 0 spiro atoms. The van der Waals surface area contributed by atoms with Gasteiger partial charge in [-0.05, 0) is 30.5 Å². The molecule has 3 atom stereocenters. The number of nitrogens with zero attached hydrogens (tertiary/aromatic N) is 2. The fourth-order valence-electron chi connectivity index (χ4n) is 4.34. The van der Waals surface area contributed by atoms with Crippen LogP contribution in [0.5, 0.6) is 0 Å². The number of aliphatic imine (C=N–C) groups is 1. The number of rotatable bonds is 6. The Morgan fingerprint density at radius 2 is 2.02 bits per heavy atom. The summed E-state index contributed by atoms with van der Waals surface area (Å²) < 4.78 is 5.76. The van der Waals surface area contributed by atoms with E-state index in [0.717, 1.165) is 10.6 Å². The lowest BCUT2D eigenvalue weighted by Gasteiger charge is -2.27. The van der Waals surface area contributed by atoms with Crippen molar-refractivity contribution in [3.63, 3.8) is 0 Å². The minimum absolute atomic E-state index is 0.0423. The monoisotopic (exact) mass is 582 g/mol. The molecule has 4 rings (SSSR count). The molecule has 2 aliphatic rings. The molecule has 1 aromatic carbocycles. The number of amides is 1. The summed E-state index contributed by atoms with van der Waals surface area (Å²) in [6.07, 6.45) is 3.25. The van der Waals surface area contributed by atoms with E-state index in [1.165, 1.54) is 23.1 Å². The summed E-state index contributed by atoms with van der Waals surface area (Å²) in [7, 11) is 0. The standard InChI is InChI=1S/C29H34N4O5S2/c1-17(2)25-27(36)38-21(9-6-8-19(34)13-18-7-4-5-10-22(18)30)14-20(35)11-12-24-31-23(15-39-24)26-33-29(3,16-40-26)28(37)32-25/h4-7,9-10,15,17,21,25H,8,11-14,16,30H2,1-3H3,(H,32,37)/b9-6+/t21?,25?,29-/m0/s1. The van der Waals surface area contributed by atoms with Crippen LogP contribution < -0.4 is 11.1 Å². The molecule has 2 unspecified atom stereocenters. The number of ether oxygens (including phenoxy) is 1. The van der Waals surface area contributed by atoms with Gasteiger partial charge in [-0.1, -0.05) is 38.1 Å². The highest BCUT2D eigenvalue weighted by molar-refractivity contribution is 8.14. The first kappa shape index (κ1) is 29.7. The summed E-state index contributed by atoms with van der Waals surface area (Å²) in [5, 5.41) is 6.20. The van der Waals surface area contributed by atoms with Gasteiger partial charge in [0.25, 0.3) is 0 Å². The Kier molecular flexibility index (Phi) is 9.57. The molecular formula is C29H34N4O5S2. The van der Waals surface area contributed by atoms with Gasteiger partial charge in [0.15, 0.2) is 0 Å². The number of aromatic nitrogens is 1. The van der Waals surface area contributed by atoms with Crippen LogP contribution in [0.3, 0.4) is 0 Å². The minimum atomic E-state index is -1.05. The smallest absolute Gasteiger partial charge is 0.329 e. The summed E-state index contributed by atoms with van der Waals surface area (Å²) in [5.74, 6) is -1.01. The topological polar surface area (TPSA) is 141 Å². The van der Waals surface area contributed by atoms with Gasteiger partial charge < -0.3 is 15.8 Å². The molecule has 4 bridgehead atoms. The van der Waals surface area contributed by atoms with Crippen LogP contribution in [0.1, 0.15) is 56.3 Å². The average molecular weight is 583 g/mol. The van der Waals surface area contributed by atoms with Gasteiger partial charge in [0.05, 0.1) is 5.01 Å². The number of hydrogen-bond donors (Lipinski definition) is 2. The Balaban J connectivity index is 1.53. The zero-order chi connectivity index (χ0) is 28.9. The fourth-order valence-corrected chi connectivity index (χ4v) is 6.33. The van der Waals surface area contributed by atoms with Crippen LogP contribution in [-0.2, 0) is 36.8 Å². The van der Waals surface area contributed by atoms with Crippen molar-refractivity contribution in [3.05, 3.63) is 58.1 Å². The number of para-hydroxylation sites is 1. The van der Waals surface area contributed by atoms with E-state index in [-0.39, 0.29) is 49.1 Å². The Hall–Kier alpha value is -3.31. The molecule has 11 heteroatoms. The zero-order valence-electron chi connectivity index (χ0n) is 22.8. The van der Waals surface area contributed by atoms with E-state index < -0.39 is 23.7 Å². The van der Waals surface area contributed by atoms with Gasteiger partial charge in [0.1, 0.15) is 40.0 Å². The van der Waals surface area contributed by atoms with E-state index in [9.17, 15) is 19.2 Å². The van der Waals surface area contributed by atoms with E-state index in [4.69, 9.17) is 10.5 Å². The number of carbonyl (C=O) groups excluding carboxylic acids is 4. The van der Waals surface area contributed by atoms with Gasteiger partial charge in [0, 0.05) is 48.9 Å². The Bertz CT molecular complexity index is 1350. The predicted octanol–water partition coefficient (Wildman–Crippen LogP) is 3.69. The highest BCUT2D eigenvalue weighted by Gasteiger charge is 2.41. The molecule has 212 valence electrons. The molecule has 1 amide bonds. The second-order valence-corrected chi connectivity index (χ2v) is 12.5. The molecule has 0 saturated heterocycles. The quantitative estimate of drug-likeness (QED) is 0.299. The molecule has 3 heterocycles. The first-order chi connectivity index (χ1) is 19.0. The summed E-state index contributed by atoms with van der Waals surface area (Å²) in [4.78, 5) is 61.3. The highest BCUT2D eigenvalue weighted by atomic mass is 32.2. The largest absolute Gasteiger partial charge is 0.456 e. The third-order valence-corrected chi connectivity index (χ3v) is 8.95. The van der Waals surface area contributed by atoms with Crippen molar-refractivity contribution in [2.75, 3.05) is 11.5 Å². The second kappa shape index (κ2) is 12.9. The van der Waals surface area contributed by atoms with Gasteiger partial charge in [-0.15, -0.1) is 23.1 Å². The maximum absolute atomic E-state index is 13.3. The van der Waals surface area contributed by atoms with Crippen LogP contribution in [0, 0.1) is 5.92 Å². The predicted molar refractivity (Wildman–Crippen MR) is 157 cm³/mol. The lowest BCUT2D eigenvalue weighted by molar-refractivity contribution is -0.153. The number of esters is 1. The number of allylic oxidation sites excluding steroid dienone is 1. The van der Waals surface area contributed by atoms with Crippen LogP contribution in [0.4, 0.5) is 5.69 Å². The number of nitrogens with two attached hydrogens (primary N) is 1. The third kappa shape index (κ3) is 7.45. The molecule has 2 aliphatic heterocycles. The molecule has 9 nitrogen and oxygen atoms in total. The lowest BCUT2D eigenvalue weighted by Crippen LogP contribution is -2.53. The minimum Gasteiger partial charge on any atom is -0.456 e. The van der Waals surface area contributed by atoms with Crippen molar-refractivity contribution >= 4 is 57.3 Å². The van der Waals surface area contributed by atoms with Crippen molar-refractivity contribution in [1.82, 2.24) is 10.3 Å². The first-order valence-corrected chi connectivity index (χ1v) is 15.1. The van der Waals surface area contributed by atoms with E-state index in [2.05, 4.69) is 15.3 Å². The zero-order valence-corrected chi connectivity index (χ0v) is 24.5. The van der Waals surface area contributed by atoms with Crippen LogP contribution in [0.2, 0.25) is 0 Å². The number of nitrogen functional groups attached to an aromatic ring is 1. The average Bonchev–Trinajstić information content (AvgIpc) is 3.54. The van der Waals surface area contributed by atoms with Crippen molar-refractivity contribution in [1.29, 1.82) is 0 Å². The number of fused-ring (bicyclic) bond motifs is 4. The van der Waals surface area contributed by atoms with Crippen LogP contribution in [0.15, 0.2) is 46.8 Å². The van der Waals surface area contributed by atoms with Crippen molar-refractivity contribution in [2.45, 2.75) is 70.6 Å². The fraction of sp³-hybridized carbons (Fsp3) is 0.448. The second-order valence-electron chi connectivity index (χ2n) is 10.6. The number of nitrogens with one attached hydrogen (secondary N) is 1. The molecule has 0 saturated carbocycles. The molecule has 0 radical (unpaired) electrons. The molecular weight excluding hydrogens is 548 g/mol. The summed E-state index contributed by atoms with van der Waals surface area (Å²) in [5.41, 5.74) is 6.90. The summed E-state index contributed by atoms with van der Waals surface area (Å²) in [6, 6.07) is 6.26. The maximum atomic E-state index is 13.3. The molecule has 40 heavy (non-hydrogen) atoms. The van der Waals surface area contributed by atoms with Crippen molar-refractivity contribution < 1.29 is 23.9 Å². The number of carbonyl (C=O) groups is 4. The molecule has 2 aromatic rings. The normalized spacial score (nSPS) is 24.2. The van der Waals surface area contributed by atoms with Crippen LogP contribution in [-0.4, -0.2) is 56.9 Å². The number of anilines is 1. The third-order valence-electron chi connectivity index (χ3n) is 6.76. The number of Topliss-reactive ketones (excluding diaryl/α,β-unsaturated/α-hetero) is 2. The van der Waals surface area contributed by atoms with Gasteiger partial charge in [-0.3, -0.25) is 19.4 Å². The number of benzene rings is 1. The lowest BCUT2D eigenvalue weighted by atomic mass is 10.00. The van der Waals surface area contributed by atoms with Crippen LogP contribution >= 0.6 is 23.1 Å². The maximum Gasteiger partial charge on any atom is 0.329 e. The molecule has 0 fully saturated rings. The SMILES string of the molecule is CC(C)C1NC(=O)[C@]2(C)CSC(=N2)c2csc(n2)CCC(=O)CC(/C=C/CC(=O)Cc2ccccc2N)OC1=O. The molecule has 3 N–H and O–H groups in total.